The summed E-state index contributed by atoms with van der Waals surface area (Å²) in [5.41, 5.74) is -1.16. The number of hydrogen-bond acceptors (Lipinski definition) is 7. The Hall–Kier alpha value is -2.55. The molecule has 0 saturated heterocycles. The van der Waals surface area contributed by atoms with E-state index in [9.17, 15) is 14.7 Å². The van der Waals surface area contributed by atoms with Gasteiger partial charge in [0.1, 0.15) is 0 Å². The van der Waals surface area contributed by atoms with Crippen LogP contribution in [-0.4, -0.2) is 32.7 Å². The van der Waals surface area contributed by atoms with Gasteiger partial charge in [0, 0.05) is 0 Å². The predicted molar refractivity (Wildman–Crippen MR) is 73.5 cm³/mol. The van der Waals surface area contributed by atoms with E-state index in [4.69, 9.17) is 4.74 Å². The van der Waals surface area contributed by atoms with Gasteiger partial charge >= 0.3 is 5.97 Å². The van der Waals surface area contributed by atoms with Gasteiger partial charge < -0.3 is 9.84 Å². The molecule has 1 aliphatic heterocycles. The van der Waals surface area contributed by atoms with Crippen LogP contribution in [0.25, 0.3) is 10.9 Å². The number of fused-ring (bicyclic) bond motifs is 1. The summed E-state index contributed by atoms with van der Waals surface area (Å²) in [6.07, 6.45) is 1.07. The molecule has 0 saturated carbocycles. The molecule has 0 amide bonds. The van der Waals surface area contributed by atoms with Crippen LogP contribution in [0, 0.1) is 0 Å². The molecule has 1 aromatic heterocycles. The lowest BCUT2D eigenvalue weighted by Crippen LogP contribution is -2.44. The second kappa shape index (κ2) is 4.53. The van der Waals surface area contributed by atoms with Crippen molar-refractivity contribution in [2.75, 3.05) is 5.12 Å². The fourth-order valence-electron chi connectivity index (χ4n) is 1.84. The van der Waals surface area contributed by atoms with Crippen molar-refractivity contribution in [1.82, 2.24) is 9.66 Å². The maximum atomic E-state index is 12.4. The SMILES string of the molecule is O=C(O)c1nc2ccccc2c(=O)n1N1N=COC1S. The lowest BCUT2D eigenvalue weighted by molar-refractivity contribution is 0.0674. The van der Waals surface area contributed by atoms with Crippen LogP contribution in [0.2, 0.25) is 0 Å². The molecule has 9 heteroatoms. The smallest absolute Gasteiger partial charge is 0.374 e. The van der Waals surface area contributed by atoms with Crippen molar-refractivity contribution in [3.8, 4) is 0 Å². The zero-order chi connectivity index (χ0) is 14.3. The molecule has 0 fully saturated rings. The lowest BCUT2D eigenvalue weighted by atomic mass is 10.2. The largest absolute Gasteiger partial charge is 0.475 e. The molecule has 20 heavy (non-hydrogen) atoms. The predicted octanol–water partition coefficient (Wildman–Crippen LogP) is 0.220. The average Bonchev–Trinajstić information content (AvgIpc) is 2.84. The first-order chi connectivity index (χ1) is 9.59. The number of carboxylic acid groups (broad SMARTS) is 1. The Bertz CT molecular complexity index is 788. The van der Waals surface area contributed by atoms with Gasteiger partial charge in [0.2, 0.25) is 5.82 Å². The van der Waals surface area contributed by atoms with Gasteiger partial charge in [0.05, 0.1) is 10.9 Å². The fourth-order valence-corrected chi connectivity index (χ4v) is 2.06. The second-order valence-corrected chi connectivity index (χ2v) is 4.32. The summed E-state index contributed by atoms with van der Waals surface area (Å²) in [5, 5.41) is 14.3. The minimum absolute atomic E-state index is 0.278. The summed E-state index contributed by atoms with van der Waals surface area (Å²) in [7, 11) is 0. The second-order valence-electron chi connectivity index (χ2n) is 3.88. The molecule has 1 unspecified atom stereocenters. The normalized spacial score (nSPS) is 17.4. The number of benzene rings is 1. The molecular weight excluding hydrogens is 284 g/mol. The topological polar surface area (TPSA) is 97.0 Å². The van der Waals surface area contributed by atoms with E-state index in [-0.39, 0.29) is 5.39 Å². The van der Waals surface area contributed by atoms with Gasteiger partial charge in [-0.2, -0.15) is 4.68 Å². The zero-order valence-electron chi connectivity index (χ0n) is 9.87. The third kappa shape index (κ3) is 1.79. The van der Waals surface area contributed by atoms with Crippen LogP contribution in [0.1, 0.15) is 10.6 Å². The van der Waals surface area contributed by atoms with Crippen molar-refractivity contribution >= 4 is 35.9 Å². The summed E-state index contributed by atoms with van der Waals surface area (Å²) >= 11 is 4.05. The summed E-state index contributed by atoms with van der Waals surface area (Å²) in [6.45, 7) is 0. The maximum absolute atomic E-state index is 12.4. The number of carbonyl (C=O) groups is 1. The van der Waals surface area contributed by atoms with E-state index < -0.39 is 22.9 Å². The minimum Gasteiger partial charge on any atom is -0.475 e. The summed E-state index contributed by atoms with van der Waals surface area (Å²) in [4.78, 5) is 27.7. The number of rotatable bonds is 2. The van der Waals surface area contributed by atoms with E-state index in [1.54, 1.807) is 24.3 Å². The number of hydrogen-bond donors (Lipinski definition) is 2. The average molecular weight is 292 g/mol. The monoisotopic (exact) mass is 292 g/mol. The van der Waals surface area contributed by atoms with Gasteiger partial charge in [-0.25, -0.2) is 9.78 Å². The van der Waals surface area contributed by atoms with E-state index in [0.717, 1.165) is 16.2 Å². The molecule has 2 heterocycles. The lowest BCUT2D eigenvalue weighted by Gasteiger charge is -2.20. The van der Waals surface area contributed by atoms with Gasteiger partial charge in [-0.05, 0) is 12.1 Å². The summed E-state index contributed by atoms with van der Waals surface area (Å²) in [5.74, 6) is -1.81. The Morgan fingerprint density at radius 3 is 2.80 bits per heavy atom. The number of aromatic nitrogens is 2. The molecule has 2 aromatic rings. The van der Waals surface area contributed by atoms with Crippen molar-refractivity contribution in [2.45, 2.75) is 5.56 Å². The highest BCUT2D eigenvalue weighted by atomic mass is 32.1. The van der Waals surface area contributed by atoms with Crippen LogP contribution in [0.15, 0.2) is 34.2 Å². The highest BCUT2D eigenvalue weighted by Crippen LogP contribution is 2.13. The number of aromatic carboxylic acids is 1. The van der Waals surface area contributed by atoms with E-state index in [2.05, 4.69) is 22.7 Å². The first kappa shape index (κ1) is 12.5. The molecule has 1 N–H and O–H groups in total. The highest BCUT2D eigenvalue weighted by molar-refractivity contribution is 7.80. The van der Waals surface area contributed by atoms with Crippen LogP contribution < -0.4 is 10.7 Å². The van der Waals surface area contributed by atoms with Crippen molar-refractivity contribution in [3.63, 3.8) is 0 Å². The molecule has 0 bridgehead atoms. The van der Waals surface area contributed by atoms with Crippen molar-refractivity contribution < 1.29 is 14.6 Å². The fraction of sp³-hybridized carbons (Fsp3) is 0.0909. The van der Waals surface area contributed by atoms with Crippen LogP contribution in [0.4, 0.5) is 0 Å². The quantitative estimate of drug-likeness (QED) is 0.769. The first-order valence-electron chi connectivity index (χ1n) is 5.50. The maximum Gasteiger partial charge on any atom is 0.374 e. The van der Waals surface area contributed by atoms with Gasteiger partial charge in [-0.3, -0.25) is 4.79 Å². The Balaban J connectivity index is 2.36. The van der Waals surface area contributed by atoms with Crippen LogP contribution in [-0.2, 0) is 4.74 Å². The number of ether oxygens (including phenoxy) is 1. The Labute approximate surface area is 117 Å². The molecule has 0 radical (unpaired) electrons. The van der Waals surface area contributed by atoms with E-state index >= 15 is 0 Å². The van der Waals surface area contributed by atoms with Gasteiger partial charge in [-0.15, -0.1) is 22.8 Å². The van der Waals surface area contributed by atoms with E-state index in [0.29, 0.717) is 5.52 Å². The van der Waals surface area contributed by atoms with E-state index in [1.165, 1.54) is 0 Å². The third-order valence-electron chi connectivity index (χ3n) is 2.70. The standard InChI is InChI=1S/C11H8N4O4S/c16-9-6-3-1-2-4-7(6)13-8(10(17)18)14(9)15-11(20)19-5-12-15/h1-5,11,20H,(H,17,18). The molecule has 8 nitrogen and oxygen atoms in total. The highest BCUT2D eigenvalue weighted by Gasteiger charge is 2.27. The Morgan fingerprint density at radius 1 is 1.40 bits per heavy atom. The van der Waals surface area contributed by atoms with Gasteiger partial charge in [0.25, 0.3) is 11.1 Å². The number of hydrazone groups is 1. The van der Waals surface area contributed by atoms with Crippen LogP contribution >= 0.6 is 12.6 Å². The van der Waals surface area contributed by atoms with Gasteiger partial charge in [-0.1, -0.05) is 12.1 Å². The molecule has 3 rings (SSSR count). The van der Waals surface area contributed by atoms with E-state index in [1.807, 2.05) is 0 Å². The Kier molecular flexibility index (Phi) is 2.83. The van der Waals surface area contributed by atoms with Crippen molar-refractivity contribution in [3.05, 3.63) is 40.4 Å². The number of thiol groups is 1. The third-order valence-corrected chi connectivity index (χ3v) is 3.02. The van der Waals surface area contributed by atoms with Crippen LogP contribution in [0.3, 0.4) is 0 Å². The summed E-state index contributed by atoms with van der Waals surface area (Å²) in [6, 6.07) is 6.46. The number of para-hydroxylation sites is 1. The zero-order valence-corrected chi connectivity index (χ0v) is 10.8. The Morgan fingerprint density at radius 2 is 2.15 bits per heavy atom. The molecule has 1 atom stereocenters. The molecule has 0 spiro atoms. The molecule has 0 aliphatic carbocycles. The number of carboxylic acids is 1. The first-order valence-corrected chi connectivity index (χ1v) is 6.02. The van der Waals surface area contributed by atoms with Crippen LogP contribution in [0.5, 0.6) is 0 Å². The van der Waals surface area contributed by atoms with Crippen molar-refractivity contribution in [2.24, 2.45) is 5.10 Å². The molecular formula is C11H8N4O4S. The minimum atomic E-state index is -1.35. The van der Waals surface area contributed by atoms with Crippen molar-refractivity contribution in [1.29, 1.82) is 0 Å². The van der Waals surface area contributed by atoms with Gasteiger partial charge in [0.15, 0.2) is 6.40 Å². The molecule has 1 aliphatic rings. The molecule has 1 aromatic carbocycles. The molecule has 102 valence electrons. The number of nitrogens with zero attached hydrogens (tertiary/aromatic N) is 4. The summed E-state index contributed by atoms with van der Waals surface area (Å²) < 4.78 is 5.76.